The fourth-order valence-corrected chi connectivity index (χ4v) is 4.55. The molecule has 3 aliphatic rings. The van der Waals surface area contributed by atoms with E-state index in [4.69, 9.17) is 14.5 Å². The molecule has 3 unspecified atom stereocenters. The maximum Gasteiger partial charge on any atom is 0.260 e. The number of nitrogens with zero attached hydrogens (tertiary/aromatic N) is 2. The van der Waals surface area contributed by atoms with Crippen LogP contribution in [-0.4, -0.2) is 55.1 Å². The van der Waals surface area contributed by atoms with E-state index < -0.39 is 0 Å². The zero-order chi connectivity index (χ0) is 19.6. The summed E-state index contributed by atoms with van der Waals surface area (Å²) in [4.78, 5) is 22.9. The number of hydrogen-bond donors (Lipinski definition) is 2. The molecule has 2 fully saturated rings. The van der Waals surface area contributed by atoms with Crippen LogP contribution in [0.4, 0.5) is 5.95 Å². The van der Waals surface area contributed by atoms with Crippen LogP contribution in [0, 0.1) is 0 Å². The number of rotatable bonds is 4. The average Bonchev–Trinajstić information content (AvgIpc) is 3.23. The van der Waals surface area contributed by atoms with Crippen LogP contribution >= 0.6 is 0 Å². The van der Waals surface area contributed by atoms with Crippen LogP contribution in [-0.2, 0) is 9.47 Å². The molecule has 3 atom stereocenters. The molecule has 0 saturated carbocycles. The van der Waals surface area contributed by atoms with Crippen LogP contribution in [0.3, 0.4) is 0 Å². The summed E-state index contributed by atoms with van der Waals surface area (Å²) in [5.74, 6) is 0.819. The molecule has 2 aliphatic heterocycles. The topological polar surface area (TPSA) is 79.5 Å². The van der Waals surface area contributed by atoms with Gasteiger partial charge in [0.25, 0.3) is 5.56 Å². The molecule has 7 heteroatoms. The van der Waals surface area contributed by atoms with Gasteiger partial charge in [0, 0.05) is 38.7 Å². The molecule has 2 N–H and O–H groups in total. The lowest BCUT2D eigenvalue weighted by molar-refractivity contribution is -0.178. The van der Waals surface area contributed by atoms with Crippen molar-refractivity contribution in [2.24, 2.45) is 0 Å². The predicted molar refractivity (Wildman–Crippen MR) is 112 cm³/mol. The number of H-pyrrole nitrogens is 1. The van der Waals surface area contributed by atoms with Crippen LogP contribution in [0.2, 0.25) is 0 Å². The number of anilines is 1. The summed E-state index contributed by atoms with van der Waals surface area (Å²) < 4.78 is 11.8. The van der Waals surface area contributed by atoms with Crippen molar-refractivity contribution in [3.8, 4) is 0 Å². The number of aromatic nitrogens is 2. The first-order valence-corrected chi connectivity index (χ1v) is 10.7. The zero-order valence-electron chi connectivity index (χ0n) is 16.6. The van der Waals surface area contributed by atoms with Gasteiger partial charge in [0.05, 0.1) is 17.0 Å². The number of hydrogen-bond acceptors (Lipinski definition) is 6. The van der Waals surface area contributed by atoms with Gasteiger partial charge in [-0.15, -0.1) is 0 Å². The normalized spacial score (nSPS) is 27.6. The SMILES string of the molecule is O=c1[nH]c(N2CCNCC2)nc2cccc(C3C=CC(OC4CCCCO4)C3)c12. The predicted octanol–water partition coefficient (Wildman–Crippen LogP) is 2.29. The molecule has 0 spiro atoms. The molecule has 7 nitrogen and oxygen atoms in total. The van der Waals surface area contributed by atoms with E-state index in [-0.39, 0.29) is 23.9 Å². The quantitative estimate of drug-likeness (QED) is 0.772. The Morgan fingerprint density at radius 1 is 1.17 bits per heavy atom. The van der Waals surface area contributed by atoms with E-state index in [0.29, 0.717) is 11.3 Å². The van der Waals surface area contributed by atoms with Crippen LogP contribution in [0.1, 0.15) is 37.2 Å². The highest BCUT2D eigenvalue weighted by molar-refractivity contribution is 5.83. The van der Waals surface area contributed by atoms with Gasteiger partial charge in [0.2, 0.25) is 5.95 Å². The molecule has 2 aromatic rings. The third kappa shape index (κ3) is 3.95. The van der Waals surface area contributed by atoms with Gasteiger partial charge in [-0.3, -0.25) is 9.78 Å². The molecule has 0 radical (unpaired) electrons. The van der Waals surface area contributed by atoms with Crippen molar-refractivity contribution in [2.75, 3.05) is 37.7 Å². The Kier molecular flexibility index (Phi) is 5.35. The number of ether oxygens (including phenoxy) is 2. The summed E-state index contributed by atoms with van der Waals surface area (Å²) in [5.41, 5.74) is 1.72. The largest absolute Gasteiger partial charge is 0.353 e. The average molecular weight is 396 g/mol. The summed E-state index contributed by atoms with van der Waals surface area (Å²) in [6.45, 7) is 4.29. The molecule has 2 saturated heterocycles. The van der Waals surface area contributed by atoms with Crippen LogP contribution in [0.25, 0.3) is 10.9 Å². The van der Waals surface area contributed by atoms with Crippen LogP contribution in [0.15, 0.2) is 35.1 Å². The van der Waals surface area contributed by atoms with Gasteiger partial charge in [0.15, 0.2) is 6.29 Å². The van der Waals surface area contributed by atoms with Gasteiger partial charge < -0.3 is 19.7 Å². The van der Waals surface area contributed by atoms with E-state index in [2.05, 4.69) is 27.4 Å². The first-order valence-electron chi connectivity index (χ1n) is 10.7. The van der Waals surface area contributed by atoms with E-state index in [0.717, 1.165) is 69.5 Å². The number of benzene rings is 1. The summed E-state index contributed by atoms with van der Waals surface area (Å²) >= 11 is 0. The van der Waals surface area contributed by atoms with Gasteiger partial charge in [-0.1, -0.05) is 24.3 Å². The second-order valence-electron chi connectivity index (χ2n) is 8.07. The fraction of sp³-hybridized carbons (Fsp3) is 0.545. The number of nitrogens with one attached hydrogen (secondary N) is 2. The number of allylic oxidation sites excluding steroid dienone is 1. The van der Waals surface area contributed by atoms with Crippen LogP contribution in [0.5, 0.6) is 0 Å². The number of fused-ring (bicyclic) bond motifs is 1. The minimum atomic E-state index is -0.101. The van der Waals surface area contributed by atoms with E-state index in [9.17, 15) is 4.79 Å². The standard InChI is InChI=1S/C22H28N4O3/c27-21-20-17(15-7-8-16(14-15)29-19-6-1-2-13-28-19)4-3-5-18(20)24-22(25-21)26-11-9-23-10-12-26/h3-5,7-8,15-16,19,23H,1-2,6,9-14H2,(H,24,25,27). The summed E-state index contributed by atoms with van der Waals surface area (Å²) in [5, 5.41) is 4.02. The molecule has 0 amide bonds. The van der Waals surface area contributed by atoms with E-state index >= 15 is 0 Å². The Hall–Kier alpha value is -2.22. The van der Waals surface area contributed by atoms with Crippen LogP contribution < -0.4 is 15.8 Å². The van der Waals surface area contributed by atoms with Gasteiger partial charge in [-0.2, -0.15) is 0 Å². The molecule has 1 aromatic carbocycles. The van der Waals surface area contributed by atoms with Crippen molar-refractivity contribution in [3.05, 3.63) is 46.3 Å². The van der Waals surface area contributed by atoms with Crippen molar-refractivity contribution < 1.29 is 9.47 Å². The van der Waals surface area contributed by atoms with Gasteiger partial charge >= 0.3 is 0 Å². The van der Waals surface area contributed by atoms with Crippen molar-refractivity contribution in [1.29, 1.82) is 0 Å². The minimum Gasteiger partial charge on any atom is -0.353 e. The maximum absolute atomic E-state index is 13.0. The van der Waals surface area contributed by atoms with E-state index in [1.54, 1.807) is 0 Å². The Balaban J connectivity index is 1.38. The molecule has 154 valence electrons. The Labute approximate surface area is 170 Å². The third-order valence-corrected chi connectivity index (χ3v) is 6.08. The number of piperazine rings is 1. The summed E-state index contributed by atoms with van der Waals surface area (Å²) in [6.07, 6.45) is 8.26. The third-order valence-electron chi connectivity index (χ3n) is 6.08. The van der Waals surface area contributed by atoms with Crippen molar-refractivity contribution in [3.63, 3.8) is 0 Å². The van der Waals surface area contributed by atoms with E-state index in [1.165, 1.54) is 0 Å². The Morgan fingerprint density at radius 2 is 2.07 bits per heavy atom. The van der Waals surface area contributed by atoms with Crippen molar-refractivity contribution in [1.82, 2.24) is 15.3 Å². The minimum absolute atomic E-state index is 0.0329. The van der Waals surface area contributed by atoms with Crippen molar-refractivity contribution >= 4 is 16.9 Å². The maximum atomic E-state index is 13.0. The molecular formula is C22H28N4O3. The lowest BCUT2D eigenvalue weighted by atomic mass is 9.95. The summed E-state index contributed by atoms with van der Waals surface area (Å²) in [7, 11) is 0. The highest BCUT2D eigenvalue weighted by Gasteiger charge is 2.27. The molecular weight excluding hydrogens is 368 g/mol. The monoisotopic (exact) mass is 396 g/mol. The first-order chi connectivity index (χ1) is 14.3. The fourth-order valence-electron chi connectivity index (χ4n) is 4.55. The molecule has 1 aliphatic carbocycles. The first kappa shape index (κ1) is 18.8. The van der Waals surface area contributed by atoms with Gasteiger partial charge in [-0.25, -0.2) is 4.98 Å². The molecule has 29 heavy (non-hydrogen) atoms. The summed E-state index contributed by atoms with van der Waals surface area (Å²) in [6, 6.07) is 5.97. The smallest absolute Gasteiger partial charge is 0.260 e. The molecule has 1 aromatic heterocycles. The van der Waals surface area contributed by atoms with Gasteiger partial charge in [-0.05, 0) is 37.3 Å². The van der Waals surface area contributed by atoms with Crippen molar-refractivity contribution in [2.45, 2.75) is 44.0 Å². The second kappa shape index (κ2) is 8.26. The second-order valence-corrected chi connectivity index (χ2v) is 8.07. The lowest BCUT2D eigenvalue weighted by Crippen LogP contribution is -2.44. The highest BCUT2D eigenvalue weighted by atomic mass is 16.7. The number of aromatic amines is 1. The zero-order valence-corrected chi connectivity index (χ0v) is 16.6. The molecule has 3 heterocycles. The van der Waals surface area contributed by atoms with Gasteiger partial charge in [0.1, 0.15) is 0 Å². The lowest BCUT2D eigenvalue weighted by Gasteiger charge is -2.28. The van der Waals surface area contributed by atoms with E-state index in [1.807, 2.05) is 18.2 Å². The Bertz CT molecular complexity index is 945. The Morgan fingerprint density at radius 3 is 2.90 bits per heavy atom. The highest BCUT2D eigenvalue weighted by Crippen LogP contribution is 2.34. The molecule has 5 rings (SSSR count). The molecule has 0 bridgehead atoms.